The van der Waals surface area contributed by atoms with Gasteiger partial charge >= 0.3 is 0 Å². The Balaban J connectivity index is 2.12. The van der Waals surface area contributed by atoms with E-state index in [9.17, 15) is 14.7 Å². The molecule has 2 rings (SSSR count). The first-order valence-corrected chi connectivity index (χ1v) is 6.75. The van der Waals surface area contributed by atoms with E-state index in [0.717, 1.165) is 5.56 Å². The van der Waals surface area contributed by atoms with Crippen molar-refractivity contribution < 1.29 is 14.7 Å². The first-order valence-electron chi connectivity index (χ1n) is 6.38. The molecule has 1 heterocycles. The number of hydrogen-bond acceptors (Lipinski definition) is 3. The van der Waals surface area contributed by atoms with Crippen LogP contribution in [0.25, 0.3) is 0 Å². The second-order valence-corrected chi connectivity index (χ2v) is 5.05. The number of aliphatic hydroxyl groups is 1. The zero-order valence-electron chi connectivity index (χ0n) is 11.4. The lowest BCUT2D eigenvalue weighted by Gasteiger charge is -2.16. The standard InChI is InChI=1S/C15H15ClN2O3/c1-9(20)11-6-13(17-7-11)15(21)18-14(8-19)10-2-4-12(16)5-3-10/h2-7,14,17,19H,8H2,1H3,(H,18,21). The number of amides is 1. The number of benzene rings is 1. The third-order valence-corrected chi connectivity index (χ3v) is 3.35. The van der Waals surface area contributed by atoms with Gasteiger partial charge in [0.2, 0.25) is 0 Å². The highest BCUT2D eigenvalue weighted by molar-refractivity contribution is 6.30. The fraction of sp³-hybridized carbons (Fsp3) is 0.200. The summed E-state index contributed by atoms with van der Waals surface area (Å²) in [6.45, 7) is 1.18. The van der Waals surface area contributed by atoms with E-state index in [1.165, 1.54) is 19.2 Å². The summed E-state index contributed by atoms with van der Waals surface area (Å²) in [7, 11) is 0. The maximum atomic E-state index is 12.1. The first kappa shape index (κ1) is 15.3. The Bertz CT molecular complexity index is 649. The molecule has 1 unspecified atom stereocenters. The summed E-state index contributed by atoms with van der Waals surface area (Å²) in [5.41, 5.74) is 1.45. The maximum absolute atomic E-state index is 12.1. The average Bonchev–Trinajstić information content (AvgIpc) is 2.96. The molecule has 0 radical (unpaired) electrons. The molecule has 0 saturated carbocycles. The number of nitrogens with one attached hydrogen (secondary N) is 2. The van der Waals surface area contributed by atoms with E-state index in [0.29, 0.717) is 10.6 Å². The SMILES string of the molecule is CC(=O)c1c[nH]c(C(=O)NC(CO)c2ccc(Cl)cc2)c1. The zero-order chi connectivity index (χ0) is 15.4. The quantitative estimate of drug-likeness (QED) is 0.742. The third-order valence-electron chi connectivity index (χ3n) is 3.09. The Labute approximate surface area is 126 Å². The van der Waals surface area contributed by atoms with E-state index in [2.05, 4.69) is 10.3 Å². The van der Waals surface area contributed by atoms with Crippen LogP contribution >= 0.6 is 11.6 Å². The third kappa shape index (κ3) is 3.71. The van der Waals surface area contributed by atoms with Crippen molar-refractivity contribution in [2.24, 2.45) is 0 Å². The summed E-state index contributed by atoms with van der Waals surface area (Å²) in [5.74, 6) is -0.516. The molecule has 0 aliphatic heterocycles. The van der Waals surface area contributed by atoms with Crippen LogP contribution in [-0.2, 0) is 0 Å². The number of aliphatic hydroxyl groups excluding tert-OH is 1. The monoisotopic (exact) mass is 306 g/mol. The molecule has 6 heteroatoms. The molecule has 0 fully saturated rings. The lowest BCUT2D eigenvalue weighted by molar-refractivity contribution is 0.0911. The summed E-state index contributed by atoms with van der Waals surface area (Å²) in [4.78, 5) is 26.0. The van der Waals surface area contributed by atoms with Crippen molar-refractivity contribution in [1.29, 1.82) is 0 Å². The van der Waals surface area contributed by atoms with E-state index >= 15 is 0 Å². The zero-order valence-corrected chi connectivity index (χ0v) is 12.1. The molecular formula is C15H15ClN2O3. The molecule has 1 aromatic carbocycles. The molecule has 3 N–H and O–H groups in total. The Morgan fingerprint density at radius 3 is 2.52 bits per heavy atom. The van der Waals surface area contributed by atoms with Gasteiger partial charge in [-0.3, -0.25) is 9.59 Å². The van der Waals surface area contributed by atoms with Gasteiger partial charge in [-0.1, -0.05) is 23.7 Å². The molecule has 110 valence electrons. The van der Waals surface area contributed by atoms with Gasteiger partial charge in [-0.05, 0) is 30.7 Å². The maximum Gasteiger partial charge on any atom is 0.268 e. The van der Waals surface area contributed by atoms with Gasteiger partial charge in [0.15, 0.2) is 5.78 Å². The van der Waals surface area contributed by atoms with Crippen LogP contribution in [0, 0.1) is 0 Å². The van der Waals surface area contributed by atoms with Gasteiger partial charge in [0.25, 0.3) is 5.91 Å². The summed E-state index contributed by atoms with van der Waals surface area (Å²) in [6.07, 6.45) is 1.48. The van der Waals surface area contributed by atoms with Crippen LogP contribution in [0.4, 0.5) is 0 Å². The van der Waals surface area contributed by atoms with Crippen molar-refractivity contribution in [1.82, 2.24) is 10.3 Å². The minimum absolute atomic E-state index is 0.123. The smallest absolute Gasteiger partial charge is 0.268 e. The molecule has 21 heavy (non-hydrogen) atoms. The van der Waals surface area contributed by atoms with Crippen LogP contribution in [0.3, 0.4) is 0 Å². The molecule has 0 spiro atoms. The number of carbonyl (C=O) groups is 2. The molecule has 5 nitrogen and oxygen atoms in total. The van der Waals surface area contributed by atoms with Gasteiger partial charge in [-0.25, -0.2) is 0 Å². The Morgan fingerprint density at radius 2 is 2.00 bits per heavy atom. The van der Waals surface area contributed by atoms with E-state index in [-0.39, 0.29) is 18.1 Å². The molecular weight excluding hydrogens is 292 g/mol. The highest BCUT2D eigenvalue weighted by Gasteiger charge is 2.16. The Morgan fingerprint density at radius 1 is 1.33 bits per heavy atom. The average molecular weight is 307 g/mol. The highest BCUT2D eigenvalue weighted by atomic mass is 35.5. The fourth-order valence-corrected chi connectivity index (χ4v) is 2.02. The minimum Gasteiger partial charge on any atom is -0.394 e. The predicted octanol–water partition coefficient (Wildman–Crippen LogP) is 2.33. The first-order chi connectivity index (χ1) is 10.0. The second-order valence-electron chi connectivity index (χ2n) is 4.62. The van der Waals surface area contributed by atoms with Crippen molar-refractivity contribution in [2.45, 2.75) is 13.0 Å². The van der Waals surface area contributed by atoms with Crippen LogP contribution in [0.1, 0.15) is 39.4 Å². The van der Waals surface area contributed by atoms with Gasteiger partial charge in [-0.2, -0.15) is 0 Å². The van der Waals surface area contributed by atoms with Gasteiger partial charge in [0.05, 0.1) is 12.6 Å². The minimum atomic E-state index is -0.543. The summed E-state index contributed by atoms with van der Waals surface area (Å²) < 4.78 is 0. The Kier molecular flexibility index (Phi) is 4.77. The van der Waals surface area contributed by atoms with Gasteiger partial charge in [0.1, 0.15) is 5.69 Å². The van der Waals surface area contributed by atoms with Crippen molar-refractivity contribution in [2.75, 3.05) is 6.61 Å². The van der Waals surface area contributed by atoms with Crippen LogP contribution in [0.2, 0.25) is 5.02 Å². The van der Waals surface area contributed by atoms with Gasteiger partial charge < -0.3 is 15.4 Å². The van der Waals surface area contributed by atoms with E-state index < -0.39 is 11.9 Å². The fourth-order valence-electron chi connectivity index (χ4n) is 1.89. The van der Waals surface area contributed by atoms with Crippen molar-refractivity contribution in [3.63, 3.8) is 0 Å². The van der Waals surface area contributed by atoms with E-state index in [4.69, 9.17) is 11.6 Å². The molecule has 1 atom stereocenters. The molecule has 1 amide bonds. The summed E-state index contributed by atoms with van der Waals surface area (Å²) in [6, 6.07) is 7.79. The molecule has 2 aromatic rings. The van der Waals surface area contributed by atoms with E-state index in [1.54, 1.807) is 24.3 Å². The normalized spacial score (nSPS) is 12.0. The topological polar surface area (TPSA) is 82.2 Å². The van der Waals surface area contributed by atoms with Crippen LogP contribution < -0.4 is 5.32 Å². The number of Topliss-reactive ketones (excluding diaryl/α,β-unsaturated/α-hetero) is 1. The second kappa shape index (κ2) is 6.56. The number of halogens is 1. The number of H-pyrrole nitrogens is 1. The number of aromatic nitrogens is 1. The molecule has 0 bridgehead atoms. The molecule has 0 aliphatic carbocycles. The van der Waals surface area contributed by atoms with Crippen molar-refractivity contribution in [3.8, 4) is 0 Å². The number of ketones is 1. The Hall–Kier alpha value is -2.11. The van der Waals surface area contributed by atoms with Crippen LogP contribution in [0.15, 0.2) is 36.5 Å². The van der Waals surface area contributed by atoms with Crippen LogP contribution in [-0.4, -0.2) is 28.4 Å². The lowest BCUT2D eigenvalue weighted by Crippen LogP contribution is -2.31. The van der Waals surface area contributed by atoms with Crippen molar-refractivity contribution >= 4 is 23.3 Å². The lowest BCUT2D eigenvalue weighted by atomic mass is 10.1. The number of rotatable bonds is 5. The predicted molar refractivity (Wildman–Crippen MR) is 79.5 cm³/mol. The highest BCUT2D eigenvalue weighted by Crippen LogP contribution is 2.17. The number of hydrogen-bond donors (Lipinski definition) is 3. The number of aromatic amines is 1. The largest absolute Gasteiger partial charge is 0.394 e. The summed E-state index contributed by atoms with van der Waals surface area (Å²) in [5, 5.41) is 12.7. The van der Waals surface area contributed by atoms with Gasteiger partial charge in [-0.15, -0.1) is 0 Å². The molecule has 0 aliphatic rings. The van der Waals surface area contributed by atoms with Gasteiger partial charge in [0, 0.05) is 16.8 Å². The van der Waals surface area contributed by atoms with Crippen LogP contribution in [0.5, 0.6) is 0 Å². The van der Waals surface area contributed by atoms with Crippen molar-refractivity contribution in [3.05, 3.63) is 58.4 Å². The summed E-state index contributed by atoms with van der Waals surface area (Å²) >= 11 is 5.81. The number of carbonyl (C=O) groups excluding carboxylic acids is 2. The van der Waals surface area contributed by atoms with E-state index in [1.807, 2.05) is 0 Å². The molecule has 1 aromatic heterocycles. The molecule has 0 saturated heterocycles.